The van der Waals surface area contributed by atoms with Gasteiger partial charge in [-0.05, 0) is 31.4 Å². The molecule has 4 rings (SSSR count). The molecule has 1 N–H and O–H groups in total. The summed E-state index contributed by atoms with van der Waals surface area (Å²) in [5.41, 5.74) is 1.77. The average Bonchev–Trinajstić information content (AvgIpc) is 2.55. The molecule has 3 aromatic rings. The van der Waals surface area contributed by atoms with Gasteiger partial charge in [0.2, 0.25) is 5.95 Å². The molecule has 25 heavy (non-hydrogen) atoms. The SMILES string of the molecule is Cl.Cn1c(=O)c(-c2ccccc2Cl)cc2cnc(NC3CCC3)nc21. The molecule has 2 heterocycles. The van der Waals surface area contributed by atoms with E-state index < -0.39 is 0 Å². The zero-order valence-corrected chi connectivity index (χ0v) is 15.3. The maximum Gasteiger partial charge on any atom is 0.259 e. The molecule has 5 nitrogen and oxygen atoms in total. The van der Waals surface area contributed by atoms with Crippen LogP contribution in [0, 0.1) is 0 Å². The Bertz CT molecular complexity index is 982. The van der Waals surface area contributed by atoms with Crippen molar-refractivity contribution in [1.29, 1.82) is 0 Å². The zero-order chi connectivity index (χ0) is 16.7. The van der Waals surface area contributed by atoms with Crippen molar-refractivity contribution in [1.82, 2.24) is 14.5 Å². The standard InChI is InChI=1S/C18H17ClN4O.ClH/c1-23-16-11(10-20-18(22-16)21-12-5-4-6-12)9-14(17(23)24)13-7-2-3-8-15(13)19;/h2-3,7-10,12H,4-6H2,1H3,(H,20,21,22);1H. The highest BCUT2D eigenvalue weighted by Gasteiger charge is 2.19. The van der Waals surface area contributed by atoms with Crippen LogP contribution in [0.3, 0.4) is 0 Å². The van der Waals surface area contributed by atoms with Crippen LogP contribution in [-0.2, 0) is 7.05 Å². The fourth-order valence-corrected chi connectivity index (χ4v) is 3.16. The Morgan fingerprint density at radius 3 is 2.68 bits per heavy atom. The van der Waals surface area contributed by atoms with E-state index >= 15 is 0 Å². The van der Waals surface area contributed by atoms with Gasteiger partial charge >= 0.3 is 0 Å². The second-order valence-corrected chi connectivity index (χ2v) is 6.55. The molecule has 0 unspecified atom stereocenters. The number of benzene rings is 1. The molecule has 2 aromatic heterocycles. The number of hydrogen-bond donors (Lipinski definition) is 1. The maximum absolute atomic E-state index is 12.8. The molecule has 0 spiro atoms. The van der Waals surface area contributed by atoms with Gasteiger partial charge in [-0.1, -0.05) is 29.8 Å². The number of nitrogens with zero attached hydrogens (tertiary/aromatic N) is 3. The summed E-state index contributed by atoms with van der Waals surface area (Å²) in [6.45, 7) is 0. The van der Waals surface area contributed by atoms with Crippen molar-refractivity contribution >= 4 is 41.0 Å². The lowest BCUT2D eigenvalue weighted by Crippen LogP contribution is -2.28. The van der Waals surface area contributed by atoms with E-state index in [9.17, 15) is 4.79 Å². The first-order valence-corrected chi connectivity index (χ1v) is 8.39. The zero-order valence-electron chi connectivity index (χ0n) is 13.7. The minimum atomic E-state index is -0.121. The number of aryl methyl sites for hydroxylation is 1. The van der Waals surface area contributed by atoms with E-state index in [0.29, 0.717) is 28.2 Å². The lowest BCUT2D eigenvalue weighted by Gasteiger charge is -2.26. The Balaban J connectivity index is 0.00000182. The Morgan fingerprint density at radius 1 is 1.24 bits per heavy atom. The van der Waals surface area contributed by atoms with E-state index in [4.69, 9.17) is 11.6 Å². The average molecular weight is 377 g/mol. The second-order valence-electron chi connectivity index (χ2n) is 6.15. The lowest BCUT2D eigenvalue weighted by molar-refractivity contribution is 0.443. The van der Waals surface area contributed by atoms with Crippen LogP contribution >= 0.6 is 24.0 Å². The summed E-state index contributed by atoms with van der Waals surface area (Å²) in [6.07, 6.45) is 5.28. The van der Waals surface area contributed by atoms with Gasteiger partial charge in [-0.15, -0.1) is 12.4 Å². The summed E-state index contributed by atoms with van der Waals surface area (Å²) in [5.74, 6) is 0.577. The van der Waals surface area contributed by atoms with Gasteiger partial charge in [0.1, 0.15) is 5.65 Å². The van der Waals surface area contributed by atoms with Crippen LogP contribution in [0.1, 0.15) is 19.3 Å². The van der Waals surface area contributed by atoms with Crippen LogP contribution in [0.5, 0.6) is 0 Å². The van der Waals surface area contributed by atoms with Gasteiger partial charge in [-0.2, -0.15) is 4.98 Å². The second kappa shape index (κ2) is 7.02. The van der Waals surface area contributed by atoms with Crippen LogP contribution in [0.15, 0.2) is 41.3 Å². The molecule has 0 saturated heterocycles. The van der Waals surface area contributed by atoms with Crippen LogP contribution < -0.4 is 10.9 Å². The molecule has 1 aromatic carbocycles. The van der Waals surface area contributed by atoms with Gasteiger partial charge in [0.05, 0.1) is 0 Å². The number of anilines is 1. The van der Waals surface area contributed by atoms with Crippen molar-refractivity contribution in [2.24, 2.45) is 7.05 Å². The Hall–Kier alpha value is -2.11. The van der Waals surface area contributed by atoms with Crippen LogP contribution in [0.25, 0.3) is 22.2 Å². The third-order valence-corrected chi connectivity index (χ3v) is 4.88. The topological polar surface area (TPSA) is 59.8 Å². The van der Waals surface area contributed by atoms with E-state index in [-0.39, 0.29) is 18.0 Å². The summed E-state index contributed by atoms with van der Waals surface area (Å²) in [4.78, 5) is 21.7. The fourth-order valence-electron chi connectivity index (χ4n) is 2.92. The highest BCUT2D eigenvalue weighted by molar-refractivity contribution is 6.33. The minimum Gasteiger partial charge on any atom is -0.351 e. The molecule has 7 heteroatoms. The molecule has 0 bridgehead atoms. The number of halogens is 2. The third kappa shape index (κ3) is 3.22. The predicted molar refractivity (Wildman–Crippen MR) is 104 cm³/mol. The number of nitrogens with one attached hydrogen (secondary N) is 1. The van der Waals surface area contributed by atoms with Crippen molar-refractivity contribution in [3.05, 3.63) is 51.9 Å². The first kappa shape index (κ1) is 17.7. The van der Waals surface area contributed by atoms with E-state index in [0.717, 1.165) is 23.8 Å². The van der Waals surface area contributed by atoms with Gasteiger partial charge in [0, 0.05) is 40.8 Å². The molecular formula is C18H18Cl2N4O. The van der Waals surface area contributed by atoms with Crippen molar-refractivity contribution < 1.29 is 0 Å². The van der Waals surface area contributed by atoms with E-state index in [1.165, 1.54) is 6.42 Å². The van der Waals surface area contributed by atoms with Crippen LogP contribution in [0.2, 0.25) is 5.02 Å². The highest BCUT2D eigenvalue weighted by atomic mass is 35.5. The van der Waals surface area contributed by atoms with Crippen LogP contribution in [-0.4, -0.2) is 20.6 Å². The molecule has 130 valence electrons. The van der Waals surface area contributed by atoms with E-state index in [1.807, 2.05) is 24.3 Å². The Morgan fingerprint density at radius 2 is 2.00 bits per heavy atom. The largest absolute Gasteiger partial charge is 0.351 e. The molecular weight excluding hydrogens is 359 g/mol. The molecule has 1 saturated carbocycles. The molecule has 1 aliphatic rings. The smallest absolute Gasteiger partial charge is 0.259 e. The first-order valence-electron chi connectivity index (χ1n) is 8.02. The van der Waals surface area contributed by atoms with Crippen molar-refractivity contribution in [3.8, 4) is 11.1 Å². The van der Waals surface area contributed by atoms with E-state index in [2.05, 4.69) is 15.3 Å². The monoisotopic (exact) mass is 376 g/mol. The van der Waals surface area contributed by atoms with Gasteiger partial charge in [-0.3, -0.25) is 9.36 Å². The number of rotatable bonds is 3. The van der Waals surface area contributed by atoms with Gasteiger partial charge in [0.15, 0.2) is 0 Å². The van der Waals surface area contributed by atoms with Gasteiger partial charge < -0.3 is 5.32 Å². The molecule has 0 radical (unpaired) electrons. The van der Waals surface area contributed by atoms with Crippen molar-refractivity contribution in [2.75, 3.05) is 5.32 Å². The van der Waals surface area contributed by atoms with Gasteiger partial charge in [-0.25, -0.2) is 4.98 Å². The maximum atomic E-state index is 12.8. The highest BCUT2D eigenvalue weighted by Crippen LogP contribution is 2.27. The minimum absolute atomic E-state index is 0. The third-order valence-electron chi connectivity index (χ3n) is 4.55. The van der Waals surface area contributed by atoms with E-state index in [1.54, 1.807) is 23.9 Å². The summed E-state index contributed by atoms with van der Waals surface area (Å²) >= 11 is 6.25. The lowest BCUT2D eigenvalue weighted by atomic mass is 9.93. The van der Waals surface area contributed by atoms with Crippen molar-refractivity contribution in [2.45, 2.75) is 25.3 Å². The summed E-state index contributed by atoms with van der Waals surface area (Å²) < 4.78 is 1.56. The quantitative estimate of drug-likeness (QED) is 0.749. The fraction of sp³-hybridized carbons (Fsp3) is 0.278. The first-order chi connectivity index (χ1) is 11.6. The summed E-state index contributed by atoms with van der Waals surface area (Å²) in [7, 11) is 1.73. The Kier molecular flexibility index (Phi) is 4.97. The summed E-state index contributed by atoms with van der Waals surface area (Å²) in [5, 5.41) is 4.68. The molecule has 1 fully saturated rings. The Labute approximate surface area is 156 Å². The number of pyridine rings is 1. The predicted octanol–water partition coefficient (Wildman–Crippen LogP) is 4.04. The molecule has 0 aliphatic heterocycles. The number of aromatic nitrogens is 3. The van der Waals surface area contributed by atoms with Crippen LogP contribution in [0.4, 0.5) is 5.95 Å². The molecule has 0 amide bonds. The molecule has 1 aliphatic carbocycles. The normalized spacial score (nSPS) is 14.0. The summed E-state index contributed by atoms with van der Waals surface area (Å²) in [6, 6.07) is 9.60. The number of hydrogen-bond acceptors (Lipinski definition) is 4. The van der Waals surface area contributed by atoms with Gasteiger partial charge in [0.25, 0.3) is 5.56 Å². The van der Waals surface area contributed by atoms with Crippen molar-refractivity contribution in [3.63, 3.8) is 0 Å². The molecule has 0 atom stereocenters. The number of fused-ring (bicyclic) bond motifs is 1.